The molecule has 1 fully saturated rings. The molecule has 10 heavy (non-hydrogen) atoms. The topological polar surface area (TPSA) is 73.2 Å². The number of nitrogens with one attached hydrogen (secondary N) is 2. The Kier molecular flexibility index (Phi) is 3.15. The second-order valence-corrected chi connectivity index (χ2v) is 2.05. The summed E-state index contributed by atoms with van der Waals surface area (Å²) >= 11 is 0. The fourth-order valence-corrected chi connectivity index (χ4v) is 0.829. The summed E-state index contributed by atoms with van der Waals surface area (Å²) in [5.74, 6) is -0.528. The molecule has 4 nitrogen and oxygen atoms in total. The van der Waals surface area contributed by atoms with Crippen molar-refractivity contribution in [2.75, 3.05) is 0 Å². The largest absolute Gasteiger partial charge is 0.480 e. The Labute approximate surface area is 64.5 Å². The Balaban J connectivity index is 0.000000810. The molecule has 1 saturated heterocycles. The first kappa shape index (κ1) is 9.23. The van der Waals surface area contributed by atoms with Crippen molar-refractivity contribution in [1.29, 1.82) is 5.41 Å². The quantitative estimate of drug-likeness (QED) is 0.519. The summed E-state index contributed by atoms with van der Waals surface area (Å²) in [6, 6.07) is -0.516. The molecule has 0 aromatic heterocycles. The minimum Gasteiger partial charge on any atom is -0.480 e. The summed E-state index contributed by atoms with van der Waals surface area (Å²) in [6.07, 6.45) is 1.12. The van der Waals surface area contributed by atoms with Gasteiger partial charge >= 0.3 is 5.97 Å². The van der Waals surface area contributed by atoms with E-state index in [-0.39, 0.29) is 12.4 Å². The molecule has 0 aliphatic carbocycles. The van der Waals surface area contributed by atoms with Crippen molar-refractivity contribution >= 4 is 24.2 Å². The minimum atomic E-state index is -0.864. The third-order valence-electron chi connectivity index (χ3n) is 1.33. The van der Waals surface area contributed by atoms with Crippen LogP contribution in [0.2, 0.25) is 0 Å². The Morgan fingerprint density at radius 1 is 1.80 bits per heavy atom. The molecular formula is C5H9ClN2O2. The number of carboxylic acid groups (broad SMARTS) is 1. The van der Waals surface area contributed by atoms with E-state index in [1.54, 1.807) is 0 Å². The summed E-state index contributed by atoms with van der Waals surface area (Å²) in [7, 11) is 0. The van der Waals surface area contributed by atoms with Gasteiger partial charge in [-0.25, -0.2) is 4.79 Å². The van der Waals surface area contributed by atoms with E-state index in [4.69, 9.17) is 10.5 Å². The smallest absolute Gasteiger partial charge is 0.326 e. The zero-order chi connectivity index (χ0) is 6.85. The van der Waals surface area contributed by atoms with Gasteiger partial charge < -0.3 is 10.4 Å². The van der Waals surface area contributed by atoms with E-state index in [2.05, 4.69) is 5.32 Å². The molecule has 0 saturated carbocycles. The van der Waals surface area contributed by atoms with Gasteiger partial charge in [0.2, 0.25) is 0 Å². The summed E-state index contributed by atoms with van der Waals surface area (Å²) in [5.41, 5.74) is 0. The number of aliphatic carboxylic acids is 1. The summed E-state index contributed by atoms with van der Waals surface area (Å²) in [5, 5.41) is 17.9. The highest BCUT2D eigenvalue weighted by molar-refractivity contribution is 5.88. The van der Waals surface area contributed by atoms with E-state index in [0.29, 0.717) is 18.7 Å². The Morgan fingerprint density at radius 2 is 2.40 bits per heavy atom. The van der Waals surface area contributed by atoms with E-state index in [1.165, 1.54) is 0 Å². The molecule has 0 bridgehead atoms. The maximum absolute atomic E-state index is 10.2. The predicted molar refractivity (Wildman–Crippen MR) is 38.8 cm³/mol. The van der Waals surface area contributed by atoms with Crippen LogP contribution < -0.4 is 5.32 Å². The van der Waals surface area contributed by atoms with Gasteiger partial charge in [0.25, 0.3) is 0 Å². The van der Waals surface area contributed by atoms with Gasteiger partial charge in [-0.1, -0.05) is 0 Å². The monoisotopic (exact) mass is 164 g/mol. The molecular weight excluding hydrogens is 156 g/mol. The Hall–Kier alpha value is -0.770. The Bertz CT molecular complexity index is 160. The van der Waals surface area contributed by atoms with Crippen LogP contribution in [0.4, 0.5) is 0 Å². The lowest BCUT2D eigenvalue weighted by atomic mass is 10.2. The standard InChI is InChI=1S/C5H8N2O2.ClH/c6-4-2-1-3(7-4)5(8)9;/h3H,1-2H2,(H2,6,7)(H,8,9);1H/t3-;/m0./s1. The zero-order valence-corrected chi connectivity index (χ0v) is 6.07. The number of hydrogen-bond acceptors (Lipinski definition) is 2. The molecule has 0 radical (unpaired) electrons. The van der Waals surface area contributed by atoms with Crippen molar-refractivity contribution in [2.45, 2.75) is 18.9 Å². The molecule has 1 aliphatic heterocycles. The Morgan fingerprint density at radius 3 is 2.60 bits per heavy atom. The van der Waals surface area contributed by atoms with E-state index in [1.807, 2.05) is 0 Å². The SMILES string of the molecule is Cl.N=C1CC[C@@H](C(=O)O)N1. The molecule has 1 heterocycles. The molecule has 1 rings (SSSR count). The number of rotatable bonds is 1. The maximum atomic E-state index is 10.2. The third-order valence-corrected chi connectivity index (χ3v) is 1.33. The molecule has 5 heteroatoms. The van der Waals surface area contributed by atoms with Crippen LogP contribution >= 0.6 is 12.4 Å². The van der Waals surface area contributed by atoms with Gasteiger partial charge in [-0.15, -0.1) is 12.4 Å². The molecule has 58 valence electrons. The summed E-state index contributed by atoms with van der Waals surface area (Å²) in [4.78, 5) is 10.2. The summed E-state index contributed by atoms with van der Waals surface area (Å²) in [6.45, 7) is 0. The highest BCUT2D eigenvalue weighted by Gasteiger charge is 2.23. The van der Waals surface area contributed by atoms with Gasteiger partial charge in [-0.2, -0.15) is 0 Å². The van der Waals surface area contributed by atoms with E-state index in [0.717, 1.165) is 0 Å². The fraction of sp³-hybridized carbons (Fsp3) is 0.600. The average Bonchev–Trinajstić information content (AvgIpc) is 2.14. The van der Waals surface area contributed by atoms with Crippen molar-refractivity contribution in [3.05, 3.63) is 0 Å². The highest BCUT2D eigenvalue weighted by Crippen LogP contribution is 2.05. The first-order valence-corrected chi connectivity index (χ1v) is 2.77. The molecule has 0 aromatic rings. The van der Waals surface area contributed by atoms with Crippen molar-refractivity contribution in [3.8, 4) is 0 Å². The normalized spacial score (nSPS) is 23.2. The maximum Gasteiger partial charge on any atom is 0.326 e. The first-order valence-electron chi connectivity index (χ1n) is 2.77. The number of carbonyl (C=O) groups is 1. The lowest BCUT2D eigenvalue weighted by Crippen LogP contribution is -2.32. The number of hydrogen-bond donors (Lipinski definition) is 3. The van der Waals surface area contributed by atoms with E-state index >= 15 is 0 Å². The molecule has 0 spiro atoms. The van der Waals surface area contributed by atoms with Crippen molar-refractivity contribution in [3.63, 3.8) is 0 Å². The third kappa shape index (κ3) is 1.88. The van der Waals surface area contributed by atoms with Crippen molar-refractivity contribution < 1.29 is 9.90 Å². The van der Waals surface area contributed by atoms with Crippen LogP contribution in [0, 0.1) is 5.41 Å². The van der Waals surface area contributed by atoms with Crippen LogP contribution in [0.3, 0.4) is 0 Å². The molecule has 0 unspecified atom stereocenters. The molecule has 0 aromatic carbocycles. The van der Waals surface area contributed by atoms with E-state index < -0.39 is 12.0 Å². The number of carboxylic acids is 1. The van der Waals surface area contributed by atoms with Gasteiger partial charge in [-0.3, -0.25) is 5.41 Å². The van der Waals surface area contributed by atoms with Crippen molar-refractivity contribution in [2.24, 2.45) is 0 Å². The second kappa shape index (κ2) is 3.41. The lowest BCUT2D eigenvalue weighted by molar-refractivity contribution is -0.138. The van der Waals surface area contributed by atoms with Crippen LogP contribution in [0.5, 0.6) is 0 Å². The van der Waals surface area contributed by atoms with Crippen LogP contribution in [-0.2, 0) is 4.79 Å². The lowest BCUT2D eigenvalue weighted by Gasteiger charge is -2.01. The first-order chi connectivity index (χ1) is 4.20. The predicted octanol–water partition coefficient (Wildman–Crippen LogP) is 0.222. The zero-order valence-electron chi connectivity index (χ0n) is 5.26. The minimum absolute atomic E-state index is 0. The number of halogens is 1. The van der Waals surface area contributed by atoms with E-state index in [9.17, 15) is 4.79 Å². The van der Waals surface area contributed by atoms with Gasteiger partial charge in [0.15, 0.2) is 0 Å². The van der Waals surface area contributed by atoms with Crippen LogP contribution in [-0.4, -0.2) is 23.0 Å². The second-order valence-electron chi connectivity index (χ2n) is 2.05. The van der Waals surface area contributed by atoms with Crippen LogP contribution in [0.1, 0.15) is 12.8 Å². The fourth-order valence-electron chi connectivity index (χ4n) is 0.829. The van der Waals surface area contributed by atoms with Gasteiger partial charge in [0, 0.05) is 6.42 Å². The molecule has 0 amide bonds. The summed E-state index contributed by atoms with van der Waals surface area (Å²) < 4.78 is 0. The molecule has 1 aliphatic rings. The van der Waals surface area contributed by atoms with Crippen molar-refractivity contribution in [1.82, 2.24) is 5.32 Å². The average molecular weight is 165 g/mol. The number of amidine groups is 1. The van der Waals surface area contributed by atoms with Gasteiger partial charge in [-0.05, 0) is 6.42 Å². The van der Waals surface area contributed by atoms with Gasteiger partial charge in [0.1, 0.15) is 6.04 Å². The van der Waals surface area contributed by atoms with Crippen LogP contribution in [0.15, 0.2) is 0 Å². The van der Waals surface area contributed by atoms with Crippen LogP contribution in [0.25, 0.3) is 0 Å². The highest BCUT2D eigenvalue weighted by atomic mass is 35.5. The van der Waals surface area contributed by atoms with Gasteiger partial charge in [0.05, 0.1) is 5.84 Å². The molecule has 1 atom stereocenters. The molecule has 3 N–H and O–H groups in total.